The van der Waals surface area contributed by atoms with Crippen LogP contribution in [0.4, 0.5) is 5.69 Å². The normalized spacial score (nSPS) is 26.7. The summed E-state index contributed by atoms with van der Waals surface area (Å²) in [5.74, 6) is 0. The number of rotatable bonds is 3. The average molecular weight is 295 g/mol. The Kier molecular flexibility index (Phi) is 3.48. The van der Waals surface area contributed by atoms with Crippen molar-refractivity contribution in [3.63, 3.8) is 0 Å². The van der Waals surface area contributed by atoms with Gasteiger partial charge in [0.25, 0.3) is 0 Å². The molecule has 2 atom stereocenters. The van der Waals surface area contributed by atoms with Crippen molar-refractivity contribution in [1.29, 1.82) is 0 Å². The minimum absolute atomic E-state index is 0.173. The minimum atomic E-state index is -3.64. The number of nitrogens with one attached hydrogen (secondary N) is 1. The summed E-state index contributed by atoms with van der Waals surface area (Å²) < 4.78 is 22.9. The maximum absolute atomic E-state index is 11.5. The molecule has 0 radical (unpaired) electrons. The Labute approximate surface area is 120 Å². The summed E-state index contributed by atoms with van der Waals surface area (Å²) in [5, 5.41) is 8.74. The molecule has 20 heavy (non-hydrogen) atoms. The minimum Gasteiger partial charge on any atom is -0.380 e. The largest absolute Gasteiger partial charge is 0.380 e. The van der Waals surface area contributed by atoms with Gasteiger partial charge in [-0.2, -0.15) is 0 Å². The third kappa shape index (κ3) is 2.55. The lowest BCUT2D eigenvalue weighted by Gasteiger charge is -2.23. The molecule has 0 spiro atoms. The maximum Gasteiger partial charge on any atom is 0.238 e. The molecule has 2 unspecified atom stereocenters. The van der Waals surface area contributed by atoms with E-state index in [2.05, 4.69) is 10.2 Å². The molecule has 0 amide bonds. The van der Waals surface area contributed by atoms with Crippen LogP contribution in [0.2, 0.25) is 0 Å². The second-order valence-corrected chi connectivity index (χ2v) is 7.37. The molecule has 6 heteroatoms. The first-order valence-electron chi connectivity index (χ1n) is 7.09. The molecule has 2 aliphatic rings. The van der Waals surface area contributed by atoms with E-state index in [1.807, 2.05) is 13.0 Å². The second-order valence-electron chi connectivity index (χ2n) is 5.81. The van der Waals surface area contributed by atoms with E-state index in [9.17, 15) is 8.42 Å². The van der Waals surface area contributed by atoms with E-state index in [0.717, 1.165) is 24.2 Å². The van der Waals surface area contributed by atoms with E-state index in [1.54, 1.807) is 12.1 Å². The number of nitrogens with two attached hydrogens (primary N) is 1. The second kappa shape index (κ2) is 5.02. The van der Waals surface area contributed by atoms with Gasteiger partial charge < -0.3 is 5.32 Å². The van der Waals surface area contributed by atoms with Crippen LogP contribution in [0.1, 0.15) is 24.8 Å². The van der Waals surface area contributed by atoms with Crippen LogP contribution in [0.3, 0.4) is 0 Å². The van der Waals surface area contributed by atoms with E-state index in [-0.39, 0.29) is 4.90 Å². The Morgan fingerprint density at radius 1 is 1.30 bits per heavy atom. The first-order chi connectivity index (χ1) is 9.45. The summed E-state index contributed by atoms with van der Waals surface area (Å²) in [6, 6.07) is 6.03. The smallest absolute Gasteiger partial charge is 0.238 e. The Bertz CT molecular complexity index is 615. The fourth-order valence-electron chi connectivity index (χ4n) is 3.38. The van der Waals surface area contributed by atoms with Crippen LogP contribution in [-0.4, -0.2) is 38.5 Å². The zero-order valence-electron chi connectivity index (χ0n) is 11.7. The molecule has 2 aliphatic heterocycles. The molecule has 2 fully saturated rings. The van der Waals surface area contributed by atoms with Gasteiger partial charge in [0, 0.05) is 24.3 Å². The van der Waals surface area contributed by atoms with Crippen LogP contribution in [-0.2, 0) is 10.0 Å². The van der Waals surface area contributed by atoms with Gasteiger partial charge in [0.1, 0.15) is 0 Å². The van der Waals surface area contributed by atoms with Crippen LogP contribution in [0.25, 0.3) is 0 Å². The van der Waals surface area contributed by atoms with Crippen molar-refractivity contribution < 1.29 is 8.42 Å². The third-order valence-corrected chi connectivity index (χ3v) is 5.40. The maximum atomic E-state index is 11.5. The monoisotopic (exact) mass is 295 g/mol. The lowest BCUT2D eigenvalue weighted by molar-refractivity contribution is 0.318. The average Bonchev–Trinajstić information content (AvgIpc) is 2.95. The van der Waals surface area contributed by atoms with Crippen molar-refractivity contribution in [2.75, 3.05) is 18.4 Å². The highest BCUT2D eigenvalue weighted by Gasteiger charge is 2.37. The van der Waals surface area contributed by atoms with Gasteiger partial charge in [-0.1, -0.05) is 6.07 Å². The van der Waals surface area contributed by atoms with E-state index >= 15 is 0 Å². The van der Waals surface area contributed by atoms with Gasteiger partial charge in [0.15, 0.2) is 0 Å². The van der Waals surface area contributed by atoms with Gasteiger partial charge in [-0.25, -0.2) is 13.6 Å². The number of primary sulfonamides is 1. The van der Waals surface area contributed by atoms with Crippen molar-refractivity contribution in [3.8, 4) is 0 Å². The van der Waals surface area contributed by atoms with E-state index in [0.29, 0.717) is 12.1 Å². The number of nitrogens with zero attached hydrogens (tertiary/aromatic N) is 1. The number of hydrogen-bond acceptors (Lipinski definition) is 4. The molecule has 0 bridgehead atoms. The highest BCUT2D eigenvalue weighted by molar-refractivity contribution is 7.89. The standard InChI is InChI=1S/C14H21N3O2S/c1-10-4-5-11(20(15,18)19)9-13(10)16-12-6-8-17-7-2-3-14(12)17/h4-5,9,12,14,16H,2-3,6-8H2,1H3,(H2,15,18,19). The number of fused-ring (bicyclic) bond motifs is 1. The van der Waals surface area contributed by atoms with Gasteiger partial charge in [-0.05, 0) is 50.4 Å². The highest BCUT2D eigenvalue weighted by Crippen LogP contribution is 2.31. The third-order valence-electron chi connectivity index (χ3n) is 4.48. The SMILES string of the molecule is Cc1ccc(S(N)(=O)=O)cc1NC1CCN2CCCC12. The molecular formula is C14H21N3O2S. The summed E-state index contributed by atoms with van der Waals surface area (Å²) in [5.41, 5.74) is 1.93. The first-order valence-corrected chi connectivity index (χ1v) is 8.64. The highest BCUT2D eigenvalue weighted by atomic mass is 32.2. The molecule has 5 nitrogen and oxygen atoms in total. The molecular weight excluding hydrogens is 274 g/mol. The predicted molar refractivity (Wildman–Crippen MR) is 79.2 cm³/mol. The molecule has 1 aromatic carbocycles. The molecule has 1 aromatic rings. The Balaban J connectivity index is 1.83. The van der Waals surface area contributed by atoms with Gasteiger partial charge >= 0.3 is 0 Å². The molecule has 0 aromatic heterocycles. The summed E-state index contributed by atoms with van der Waals surface area (Å²) >= 11 is 0. The zero-order valence-corrected chi connectivity index (χ0v) is 12.5. The molecule has 3 rings (SSSR count). The molecule has 0 aliphatic carbocycles. The van der Waals surface area contributed by atoms with Gasteiger partial charge in [-0.15, -0.1) is 0 Å². The van der Waals surface area contributed by atoms with Crippen molar-refractivity contribution in [2.45, 2.75) is 43.2 Å². The number of hydrogen-bond donors (Lipinski definition) is 2. The Hall–Kier alpha value is -1.11. The van der Waals surface area contributed by atoms with Crippen molar-refractivity contribution in [2.24, 2.45) is 5.14 Å². The predicted octanol–water partition coefficient (Wildman–Crippen LogP) is 1.29. The molecule has 110 valence electrons. The quantitative estimate of drug-likeness (QED) is 0.881. The Morgan fingerprint density at radius 3 is 2.85 bits per heavy atom. The van der Waals surface area contributed by atoms with Gasteiger partial charge in [0.05, 0.1) is 4.90 Å². The van der Waals surface area contributed by atoms with E-state index in [4.69, 9.17) is 5.14 Å². The fourth-order valence-corrected chi connectivity index (χ4v) is 3.92. The zero-order chi connectivity index (χ0) is 14.3. The van der Waals surface area contributed by atoms with Gasteiger partial charge in [-0.3, -0.25) is 4.90 Å². The first kappa shape index (κ1) is 13.9. The van der Waals surface area contributed by atoms with Crippen LogP contribution in [0.5, 0.6) is 0 Å². The van der Waals surface area contributed by atoms with Crippen molar-refractivity contribution >= 4 is 15.7 Å². The number of aryl methyl sites for hydroxylation is 1. The summed E-state index contributed by atoms with van der Waals surface area (Å²) in [6.07, 6.45) is 3.61. The lowest BCUT2D eigenvalue weighted by Crippen LogP contribution is -2.34. The van der Waals surface area contributed by atoms with Crippen LogP contribution in [0, 0.1) is 6.92 Å². The van der Waals surface area contributed by atoms with Crippen molar-refractivity contribution in [1.82, 2.24) is 4.90 Å². The van der Waals surface area contributed by atoms with E-state index < -0.39 is 10.0 Å². The molecule has 2 heterocycles. The van der Waals surface area contributed by atoms with Crippen LogP contribution in [0.15, 0.2) is 23.1 Å². The summed E-state index contributed by atoms with van der Waals surface area (Å²) in [7, 11) is -3.64. The Morgan fingerprint density at radius 2 is 2.10 bits per heavy atom. The molecule has 0 saturated carbocycles. The fraction of sp³-hybridized carbons (Fsp3) is 0.571. The molecule has 2 saturated heterocycles. The number of sulfonamides is 1. The van der Waals surface area contributed by atoms with Crippen LogP contribution < -0.4 is 10.5 Å². The number of benzene rings is 1. The summed E-state index contributed by atoms with van der Waals surface area (Å²) in [6.45, 7) is 4.31. The van der Waals surface area contributed by atoms with Gasteiger partial charge in [0.2, 0.25) is 10.0 Å². The van der Waals surface area contributed by atoms with Crippen molar-refractivity contribution in [3.05, 3.63) is 23.8 Å². The van der Waals surface area contributed by atoms with Crippen LogP contribution >= 0.6 is 0 Å². The lowest BCUT2D eigenvalue weighted by atomic mass is 10.1. The topological polar surface area (TPSA) is 75.4 Å². The van der Waals surface area contributed by atoms with E-state index in [1.165, 1.54) is 19.4 Å². The molecule has 3 N–H and O–H groups in total. The number of anilines is 1. The summed E-state index contributed by atoms with van der Waals surface area (Å²) in [4.78, 5) is 2.70.